The lowest BCUT2D eigenvalue weighted by atomic mass is 9.94. The second kappa shape index (κ2) is 17.6. The van der Waals surface area contributed by atoms with Crippen LogP contribution >= 0.6 is 22.6 Å². The summed E-state index contributed by atoms with van der Waals surface area (Å²) in [6.45, 7) is -0.150. The normalized spacial score (nSPS) is 40.3. The summed E-state index contributed by atoms with van der Waals surface area (Å²) in [7, 11) is 0. The molecule has 20 heteroatoms. The van der Waals surface area contributed by atoms with E-state index in [4.69, 9.17) is 33.2 Å². The first-order chi connectivity index (χ1) is 23.2. The summed E-state index contributed by atoms with van der Waals surface area (Å²) in [6.07, 6.45) is -24.7. The molecular weight excluding hydrogens is 777 g/mol. The molecule has 0 spiro atoms. The molecule has 19 nitrogen and oxygen atoms in total. The minimum absolute atomic E-state index is 0.264. The summed E-state index contributed by atoms with van der Waals surface area (Å²) in [5.41, 5.74) is 0. The number of carbonyl (C=O) groups excluding carboxylic acids is 1. The zero-order chi connectivity index (χ0) is 36.2. The van der Waals surface area contributed by atoms with Crippen molar-refractivity contribution < 1.29 is 88.7 Å². The van der Waals surface area contributed by atoms with Crippen LogP contribution in [0.25, 0.3) is 0 Å². The van der Waals surface area contributed by atoms with Crippen LogP contribution in [0.1, 0.15) is 13.8 Å². The van der Waals surface area contributed by atoms with Crippen LogP contribution in [-0.4, -0.2) is 176 Å². The van der Waals surface area contributed by atoms with Gasteiger partial charge in [-0.2, -0.15) is 0 Å². The Bertz CT molecular complexity index is 1230. The average Bonchev–Trinajstić information content (AvgIpc) is 3.06. The third-order valence-corrected chi connectivity index (χ3v) is 8.94. The first kappa shape index (κ1) is 39.9. The van der Waals surface area contributed by atoms with Crippen molar-refractivity contribution in [2.24, 2.45) is 0 Å². The summed E-state index contributed by atoms with van der Waals surface area (Å²) in [6, 6.07) is 5.09. The molecule has 1 aromatic rings. The smallest absolute Gasteiger partial charge is 0.332 e. The highest BCUT2D eigenvalue weighted by Crippen LogP contribution is 2.34. The number of hydrogen-bond acceptors (Lipinski definition) is 17. The Kier molecular flexibility index (Phi) is 14.3. The van der Waals surface area contributed by atoms with E-state index in [9.17, 15) is 55.5 Å². The van der Waals surface area contributed by atoms with Crippen LogP contribution in [0.15, 0.2) is 24.3 Å². The maximum atomic E-state index is 12.4. The molecule has 16 atom stereocenters. The van der Waals surface area contributed by atoms with Gasteiger partial charge in [-0.05, 0) is 53.8 Å². The number of amides is 1. The van der Waals surface area contributed by atoms with Crippen LogP contribution in [0.5, 0.6) is 5.75 Å². The van der Waals surface area contributed by atoms with Gasteiger partial charge in [-0.25, -0.2) is 4.79 Å². The molecule has 4 rings (SSSR count). The summed E-state index contributed by atoms with van der Waals surface area (Å²) in [5, 5.41) is 95.6. The Balaban J connectivity index is 1.67. The molecule has 3 saturated heterocycles. The Labute approximate surface area is 293 Å². The highest BCUT2D eigenvalue weighted by Gasteiger charge is 2.55. The third-order valence-electron chi connectivity index (χ3n) is 8.22. The first-order valence-electron chi connectivity index (χ1n) is 15.3. The van der Waals surface area contributed by atoms with Gasteiger partial charge in [-0.1, -0.05) is 0 Å². The number of aliphatic hydroxyl groups is 8. The van der Waals surface area contributed by atoms with Crippen LogP contribution in [0, 0.1) is 3.57 Å². The second-order valence-electron chi connectivity index (χ2n) is 11.7. The summed E-state index contributed by atoms with van der Waals surface area (Å²) in [5.74, 6) is -1.86. The SMILES string of the molecule is CC(=O)NC1C(O[C@@H]2OC(CO)[C@H](O)C(O)C2O)[C@@H](O)C(CO)O[C@H]1O[C@H]1C(CO)O[C@@H](Oc2ccc(I)cc2)C(O)C1O[C@@H](C)C(=O)O. The van der Waals surface area contributed by atoms with Gasteiger partial charge in [0, 0.05) is 10.5 Å². The van der Waals surface area contributed by atoms with Gasteiger partial charge in [-0.3, -0.25) is 4.79 Å². The fourth-order valence-corrected chi connectivity index (χ4v) is 5.98. The highest BCUT2D eigenvalue weighted by atomic mass is 127. The number of carbonyl (C=O) groups is 2. The van der Waals surface area contributed by atoms with Gasteiger partial charge in [-0.15, -0.1) is 0 Å². The zero-order valence-electron chi connectivity index (χ0n) is 26.2. The van der Waals surface area contributed by atoms with Crippen LogP contribution in [0.4, 0.5) is 0 Å². The number of nitrogens with one attached hydrogen (secondary N) is 1. The van der Waals surface area contributed by atoms with E-state index in [0.29, 0.717) is 0 Å². The van der Waals surface area contributed by atoms with E-state index in [1.807, 2.05) is 0 Å². The maximum Gasteiger partial charge on any atom is 0.332 e. The quantitative estimate of drug-likeness (QED) is 0.0844. The highest BCUT2D eigenvalue weighted by molar-refractivity contribution is 14.1. The number of aliphatic carboxylic acids is 1. The lowest BCUT2D eigenvalue weighted by Crippen LogP contribution is -2.70. The minimum atomic E-state index is -1.92. The number of hydrogen-bond donors (Lipinski definition) is 10. The summed E-state index contributed by atoms with van der Waals surface area (Å²) >= 11 is 2.08. The lowest BCUT2D eigenvalue weighted by molar-refractivity contribution is -0.364. The van der Waals surface area contributed by atoms with Crippen molar-refractivity contribution in [1.29, 1.82) is 0 Å². The van der Waals surface area contributed by atoms with Crippen LogP contribution in [0.3, 0.4) is 0 Å². The fourth-order valence-electron chi connectivity index (χ4n) is 5.62. The second-order valence-corrected chi connectivity index (χ2v) is 13.0. The molecule has 0 aliphatic carbocycles. The molecule has 0 saturated carbocycles. The van der Waals surface area contributed by atoms with Crippen LogP contribution in [-0.2, 0) is 38.0 Å². The van der Waals surface area contributed by atoms with Crippen molar-refractivity contribution in [3.05, 3.63) is 27.8 Å². The first-order valence-corrected chi connectivity index (χ1v) is 16.4. The number of halogens is 1. The molecule has 1 aromatic carbocycles. The van der Waals surface area contributed by atoms with E-state index in [2.05, 4.69) is 27.9 Å². The number of carboxylic acids is 1. The van der Waals surface area contributed by atoms with Gasteiger partial charge < -0.3 is 84.4 Å². The van der Waals surface area contributed by atoms with E-state index < -0.39 is 130 Å². The molecule has 49 heavy (non-hydrogen) atoms. The molecule has 0 aromatic heterocycles. The van der Waals surface area contributed by atoms with Gasteiger partial charge in [0.2, 0.25) is 12.2 Å². The van der Waals surface area contributed by atoms with Crippen LogP contribution < -0.4 is 10.1 Å². The minimum Gasteiger partial charge on any atom is -0.479 e. The summed E-state index contributed by atoms with van der Waals surface area (Å²) < 4.78 is 41.3. The topological polar surface area (TPSA) is 293 Å². The Hall–Kier alpha value is -1.87. The van der Waals surface area contributed by atoms with Crippen molar-refractivity contribution >= 4 is 34.5 Å². The van der Waals surface area contributed by atoms with Crippen LogP contribution in [0.2, 0.25) is 0 Å². The fraction of sp³-hybridized carbons (Fsp3) is 0.724. The molecule has 278 valence electrons. The predicted molar refractivity (Wildman–Crippen MR) is 166 cm³/mol. The maximum absolute atomic E-state index is 12.4. The zero-order valence-corrected chi connectivity index (χ0v) is 28.4. The monoisotopic (exact) mass is 819 g/mol. The Morgan fingerprint density at radius 2 is 1.31 bits per heavy atom. The van der Waals surface area contributed by atoms with Crippen molar-refractivity contribution in [3.63, 3.8) is 0 Å². The van der Waals surface area contributed by atoms with E-state index in [0.717, 1.165) is 10.5 Å². The molecule has 3 fully saturated rings. The van der Waals surface area contributed by atoms with Crippen molar-refractivity contribution in [3.8, 4) is 5.75 Å². The van der Waals surface area contributed by atoms with E-state index >= 15 is 0 Å². The lowest BCUT2D eigenvalue weighted by Gasteiger charge is -2.50. The summed E-state index contributed by atoms with van der Waals surface area (Å²) in [4.78, 5) is 24.2. The molecule has 0 bridgehead atoms. The van der Waals surface area contributed by atoms with Gasteiger partial charge in [0.15, 0.2) is 18.7 Å². The van der Waals surface area contributed by atoms with Gasteiger partial charge in [0.05, 0.1) is 19.8 Å². The van der Waals surface area contributed by atoms with E-state index in [-0.39, 0.29) is 5.75 Å². The molecule has 3 aliphatic rings. The molecule has 9 unspecified atom stereocenters. The number of benzene rings is 1. The Morgan fingerprint density at radius 1 is 0.755 bits per heavy atom. The molecule has 0 radical (unpaired) electrons. The average molecular weight is 820 g/mol. The largest absolute Gasteiger partial charge is 0.479 e. The molecular formula is C29H42INO18. The number of aliphatic hydroxyl groups excluding tert-OH is 8. The van der Waals surface area contributed by atoms with Crippen molar-refractivity contribution in [1.82, 2.24) is 5.32 Å². The van der Waals surface area contributed by atoms with Crippen molar-refractivity contribution in [2.75, 3.05) is 19.8 Å². The molecule has 1 amide bonds. The van der Waals surface area contributed by atoms with E-state index in [1.165, 1.54) is 6.92 Å². The molecule has 10 N–H and O–H groups in total. The van der Waals surface area contributed by atoms with E-state index in [1.54, 1.807) is 24.3 Å². The van der Waals surface area contributed by atoms with Gasteiger partial charge in [0.25, 0.3) is 0 Å². The number of rotatable bonds is 13. The van der Waals surface area contributed by atoms with Gasteiger partial charge >= 0.3 is 5.97 Å². The predicted octanol–water partition coefficient (Wildman–Crippen LogP) is -4.24. The third kappa shape index (κ3) is 9.33. The standard InChI is InChI=1S/C29H42INO18/c1-10(26(41)42)43-25-22(40)29(44-13-5-3-12(30)4-6-13)47-16(9-34)23(25)48-27-17(31-11(2)35)24(19(37)15(8-33)45-27)49-28-21(39)20(38)18(36)14(7-32)46-28/h3-6,10,14-25,27-29,32-34,36-40H,7-9H2,1-2H3,(H,31,35)(H,41,42)/t10-,14?,15?,16?,17?,18-,19-,20?,21?,22?,23-,24?,25?,27-,28-,29+/m0/s1. The number of carboxylic acid groups (broad SMARTS) is 1. The van der Waals surface area contributed by atoms with Crippen molar-refractivity contribution in [2.45, 2.75) is 112 Å². The molecule has 3 aliphatic heterocycles. The van der Waals surface area contributed by atoms with Gasteiger partial charge in [0.1, 0.15) is 78.9 Å². The molecule has 3 heterocycles. The Morgan fingerprint density at radius 3 is 1.88 bits per heavy atom. The number of ether oxygens (including phenoxy) is 7.